The van der Waals surface area contributed by atoms with Crippen LogP contribution in [0.4, 0.5) is 5.69 Å². The predicted molar refractivity (Wildman–Crippen MR) is 110 cm³/mol. The van der Waals surface area contributed by atoms with Crippen LogP contribution in [0.1, 0.15) is 52.6 Å². The lowest BCUT2D eigenvalue weighted by molar-refractivity contribution is -0.117. The van der Waals surface area contributed by atoms with Gasteiger partial charge < -0.3 is 0 Å². The van der Waals surface area contributed by atoms with Crippen molar-refractivity contribution >= 4 is 28.5 Å². The number of aryl methyl sites for hydroxylation is 2. The molecule has 0 saturated carbocycles. The van der Waals surface area contributed by atoms with Gasteiger partial charge in [0.05, 0.1) is 12.3 Å². The van der Waals surface area contributed by atoms with Gasteiger partial charge in [0.1, 0.15) is 22.7 Å². The van der Waals surface area contributed by atoms with Crippen molar-refractivity contribution < 1.29 is 4.79 Å². The zero-order valence-corrected chi connectivity index (χ0v) is 17.0. The van der Waals surface area contributed by atoms with Gasteiger partial charge in [-0.3, -0.25) is 14.4 Å². The molecule has 6 nitrogen and oxygen atoms in total. The van der Waals surface area contributed by atoms with Gasteiger partial charge in [0.2, 0.25) is 0 Å². The van der Waals surface area contributed by atoms with Gasteiger partial charge in [0, 0.05) is 16.9 Å². The first kappa shape index (κ1) is 18.3. The van der Waals surface area contributed by atoms with Crippen LogP contribution in [0.15, 0.2) is 29.3 Å². The summed E-state index contributed by atoms with van der Waals surface area (Å²) in [5.41, 5.74) is 4.42. The number of hydrogen-bond donors (Lipinski definition) is 0. The maximum absolute atomic E-state index is 12.0. The normalized spacial score (nSPS) is 15.2. The second-order valence-corrected chi connectivity index (χ2v) is 8.17. The number of Topliss-reactive ketones (excluding diaryl/α,β-unsaturated/α-hetero) is 1. The van der Waals surface area contributed by atoms with Crippen molar-refractivity contribution in [2.75, 3.05) is 0 Å². The number of ketones is 1. The van der Waals surface area contributed by atoms with Crippen LogP contribution >= 0.6 is 11.3 Å². The van der Waals surface area contributed by atoms with E-state index in [0.29, 0.717) is 11.5 Å². The molecule has 2 aromatic heterocycles. The summed E-state index contributed by atoms with van der Waals surface area (Å²) in [5, 5.41) is 9.64. The molecule has 0 N–H and O–H groups in total. The molecule has 0 radical (unpaired) electrons. The average molecular weight is 389 g/mol. The summed E-state index contributed by atoms with van der Waals surface area (Å²) >= 11 is 1.68. The fourth-order valence-electron chi connectivity index (χ4n) is 3.52. The van der Waals surface area contributed by atoms with E-state index in [1.54, 1.807) is 24.3 Å². The Bertz CT molecular complexity index is 1180. The van der Waals surface area contributed by atoms with Crippen LogP contribution in [-0.4, -0.2) is 26.3 Å². The molecule has 0 unspecified atom stereocenters. The minimum Gasteiger partial charge on any atom is -0.300 e. The van der Waals surface area contributed by atoms with E-state index in [1.807, 2.05) is 29.7 Å². The van der Waals surface area contributed by atoms with Gasteiger partial charge in [0.25, 0.3) is 0 Å². The zero-order valence-electron chi connectivity index (χ0n) is 16.1. The largest absolute Gasteiger partial charge is 0.300 e. The lowest BCUT2D eigenvalue weighted by Gasteiger charge is -2.11. The SMILES string of the molecule is [C-]#[N+]c1cccc(C2=N[C@@H](CC(C)=O)c3nnc(C)n3-c3sc(C)c(C)c32)c1. The van der Waals surface area contributed by atoms with Gasteiger partial charge in [-0.2, -0.15) is 0 Å². The van der Waals surface area contributed by atoms with Crippen LogP contribution < -0.4 is 0 Å². The molecular weight excluding hydrogens is 370 g/mol. The molecular formula is C21H19N5OS. The highest BCUT2D eigenvalue weighted by atomic mass is 32.1. The van der Waals surface area contributed by atoms with E-state index in [4.69, 9.17) is 11.6 Å². The van der Waals surface area contributed by atoms with Crippen molar-refractivity contribution in [1.29, 1.82) is 0 Å². The summed E-state index contributed by atoms with van der Waals surface area (Å²) in [6.07, 6.45) is 0.261. The predicted octanol–water partition coefficient (Wildman–Crippen LogP) is 4.68. The molecule has 1 aliphatic rings. The Morgan fingerprint density at radius 2 is 2.07 bits per heavy atom. The fraction of sp³-hybridized carbons (Fsp3) is 0.286. The van der Waals surface area contributed by atoms with Crippen LogP contribution in [0.25, 0.3) is 9.85 Å². The van der Waals surface area contributed by atoms with Crippen molar-refractivity contribution in [1.82, 2.24) is 14.8 Å². The smallest absolute Gasteiger partial charge is 0.187 e. The average Bonchev–Trinajstić information content (AvgIpc) is 3.14. The maximum atomic E-state index is 12.0. The number of hydrogen-bond acceptors (Lipinski definition) is 5. The molecule has 1 atom stereocenters. The molecule has 0 aliphatic carbocycles. The molecule has 3 aromatic rings. The molecule has 0 fully saturated rings. The fourth-order valence-corrected chi connectivity index (χ4v) is 4.73. The molecule has 28 heavy (non-hydrogen) atoms. The lowest BCUT2D eigenvalue weighted by Crippen LogP contribution is -2.09. The minimum absolute atomic E-state index is 0.0494. The number of nitrogens with zero attached hydrogens (tertiary/aromatic N) is 5. The molecule has 1 aliphatic heterocycles. The monoisotopic (exact) mass is 389 g/mol. The van der Waals surface area contributed by atoms with E-state index < -0.39 is 6.04 Å². The standard InChI is InChI=1S/C21H19N5OS/c1-11(27)9-17-20-25-24-14(4)26(20)21-18(12(2)13(3)28-21)19(23-17)15-7-6-8-16(10-15)22-5/h6-8,10,17H,9H2,1-4H3/t17-/m0/s1. The molecule has 4 rings (SSSR count). The van der Waals surface area contributed by atoms with Gasteiger partial charge in [-0.25, -0.2) is 4.85 Å². The molecule has 0 amide bonds. The molecule has 7 heteroatoms. The van der Waals surface area contributed by atoms with E-state index >= 15 is 0 Å². The quantitative estimate of drug-likeness (QED) is 0.611. The second kappa shape index (κ2) is 6.80. The van der Waals surface area contributed by atoms with E-state index in [2.05, 4.69) is 28.9 Å². The lowest BCUT2D eigenvalue weighted by atomic mass is 9.99. The molecule has 0 saturated heterocycles. The first-order chi connectivity index (χ1) is 13.4. The number of aromatic nitrogens is 3. The van der Waals surface area contributed by atoms with Gasteiger partial charge in [-0.1, -0.05) is 18.2 Å². The first-order valence-corrected chi connectivity index (χ1v) is 9.80. The number of fused-ring (bicyclic) bond motifs is 3. The molecule has 1 aromatic carbocycles. The van der Waals surface area contributed by atoms with E-state index in [1.165, 1.54) is 4.88 Å². The van der Waals surface area contributed by atoms with E-state index in [9.17, 15) is 4.79 Å². The number of rotatable bonds is 3. The molecule has 140 valence electrons. The van der Waals surface area contributed by atoms with Crippen molar-refractivity contribution in [3.05, 3.63) is 68.9 Å². The van der Waals surface area contributed by atoms with Gasteiger partial charge in [-0.15, -0.1) is 21.5 Å². The van der Waals surface area contributed by atoms with Gasteiger partial charge in [0.15, 0.2) is 11.5 Å². The number of aliphatic imine (C=N–C) groups is 1. The third-order valence-corrected chi connectivity index (χ3v) is 6.16. The number of benzene rings is 1. The van der Waals surface area contributed by atoms with Crippen molar-refractivity contribution in [2.24, 2.45) is 4.99 Å². The number of thiophene rings is 1. The summed E-state index contributed by atoms with van der Waals surface area (Å²) in [4.78, 5) is 21.7. The van der Waals surface area contributed by atoms with E-state index in [0.717, 1.165) is 33.2 Å². The topological polar surface area (TPSA) is 64.5 Å². The maximum Gasteiger partial charge on any atom is 0.187 e. The Kier molecular flexibility index (Phi) is 4.44. The number of carbonyl (C=O) groups excluding carboxylic acids is 1. The van der Waals surface area contributed by atoms with Crippen LogP contribution in [0, 0.1) is 27.3 Å². The van der Waals surface area contributed by atoms with Crippen LogP contribution in [0.3, 0.4) is 0 Å². The molecule has 3 heterocycles. The Hall–Kier alpha value is -3.11. The number of carbonyl (C=O) groups is 1. The highest BCUT2D eigenvalue weighted by molar-refractivity contribution is 7.15. The Labute approximate surface area is 167 Å². The van der Waals surface area contributed by atoms with Crippen LogP contribution in [-0.2, 0) is 4.79 Å². The molecule has 0 spiro atoms. The molecule has 0 bridgehead atoms. The van der Waals surface area contributed by atoms with E-state index in [-0.39, 0.29) is 12.2 Å². The Morgan fingerprint density at radius 3 is 2.79 bits per heavy atom. The van der Waals surface area contributed by atoms with Crippen molar-refractivity contribution in [2.45, 2.75) is 40.2 Å². The minimum atomic E-state index is -0.412. The highest BCUT2D eigenvalue weighted by Gasteiger charge is 2.31. The van der Waals surface area contributed by atoms with Crippen molar-refractivity contribution in [3.8, 4) is 5.00 Å². The van der Waals surface area contributed by atoms with Gasteiger partial charge >= 0.3 is 0 Å². The Morgan fingerprint density at radius 1 is 1.29 bits per heavy atom. The Balaban J connectivity index is 2.05. The summed E-state index contributed by atoms with van der Waals surface area (Å²) in [6, 6.07) is 7.06. The third-order valence-electron chi connectivity index (χ3n) is 4.97. The van der Waals surface area contributed by atoms with Crippen molar-refractivity contribution in [3.63, 3.8) is 0 Å². The van der Waals surface area contributed by atoms with Crippen LogP contribution in [0.2, 0.25) is 0 Å². The summed E-state index contributed by atoms with van der Waals surface area (Å²) < 4.78 is 2.03. The summed E-state index contributed by atoms with van der Waals surface area (Å²) in [6.45, 7) is 15.0. The highest BCUT2D eigenvalue weighted by Crippen LogP contribution is 2.39. The summed E-state index contributed by atoms with van der Waals surface area (Å²) in [5.74, 6) is 1.51. The first-order valence-electron chi connectivity index (χ1n) is 8.98. The van der Waals surface area contributed by atoms with Gasteiger partial charge in [-0.05, 0) is 44.9 Å². The summed E-state index contributed by atoms with van der Waals surface area (Å²) in [7, 11) is 0. The van der Waals surface area contributed by atoms with Crippen LogP contribution in [0.5, 0.6) is 0 Å². The second-order valence-electron chi connectivity index (χ2n) is 6.97. The third kappa shape index (κ3) is 2.86. The zero-order chi connectivity index (χ0) is 20.0.